The van der Waals surface area contributed by atoms with Crippen LogP contribution in [0.25, 0.3) is 11.4 Å². The Kier molecular flexibility index (Phi) is 4.09. The topological polar surface area (TPSA) is 85.2 Å². The van der Waals surface area contributed by atoms with Gasteiger partial charge in [-0.3, -0.25) is 0 Å². The van der Waals surface area contributed by atoms with E-state index in [4.69, 9.17) is 10.3 Å². The molecule has 2 rings (SSSR count). The van der Waals surface area contributed by atoms with E-state index in [1.807, 2.05) is 26.0 Å². The van der Waals surface area contributed by atoms with Crippen LogP contribution in [0.2, 0.25) is 0 Å². The monoisotopic (exact) mass is 275 g/mol. The zero-order valence-electron chi connectivity index (χ0n) is 12.3. The number of phenolic OH excluding ortho intramolecular Hbond substituents is 1. The van der Waals surface area contributed by atoms with Gasteiger partial charge < -0.3 is 15.4 Å². The molecule has 0 saturated heterocycles. The molecule has 3 N–H and O–H groups in total. The average Bonchev–Trinajstić information content (AvgIpc) is 2.85. The van der Waals surface area contributed by atoms with Crippen LogP contribution in [-0.2, 0) is 0 Å². The second-order valence-electron chi connectivity index (χ2n) is 5.50. The second kappa shape index (κ2) is 5.63. The summed E-state index contributed by atoms with van der Waals surface area (Å²) in [6, 6.07) is 3.70. The number of hydrogen-bond donors (Lipinski definition) is 2. The molecule has 0 radical (unpaired) electrons. The van der Waals surface area contributed by atoms with Crippen molar-refractivity contribution in [2.75, 3.05) is 6.54 Å². The van der Waals surface area contributed by atoms with Crippen molar-refractivity contribution in [1.29, 1.82) is 0 Å². The SMILES string of the molecule is Cc1cc(-c2noc(C(CN)C(C)C)n2)cc(C)c1O. The minimum atomic E-state index is 0.0653. The molecule has 0 aliphatic carbocycles. The highest BCUT2D eigenvalue weighted by molar-refractivity contribution is 5.60. The van der Waals surface area contributed by atoms with Crippen molar-refractivity contribution in [3.05, 3.63) is 29.2 Å². The first-order valence-corrected chi connectivity index (χ1v) is 6.78. The van der Waals surface area contributed by atoms with Gasteiger partial charge in [-0.05, 0) is 43.0 Å². The Morgan fingerprint density at radius 3 is 2.35 bits per heavy atom. The summed E-state index contributed by atoms with van der Waals surface area (Å²) in [6.45, 7) is 8.34. The van der Waals surface area contributed by atoms with E-state index in [2.05, 4.69) is 24.0 Å². The molecule has 20 heavy (non-hydrogen) atoms. The van der Waals surface area contributed by atoms with Crippen molar-refractivity contribution in [3.63, 3.8) is 0 Å². The first-order valence-electron chi connectivity index (χ1n) is 6.78. The number of aromatic hydroxyl groups is 1. The van der Waals surface area contributed by atoms with E-state index in [1.165, 1.54) is 0 Å². The molecule has 0 spiro atoms. The molecule has 1 atom stereocenters. The summed E-state index contributed by atoms with van der Waals surface area (Å²) in [5.41, 5.74) is 8.19. The van der Waals surface area contributed by atoms with E-state index in [0.717, 1.165) is 16.7 Å². The summed E-state index contributed by atoms with van der Waals surface area (Å²) in [4.78, 5) is 4.45. The molecule has 1 unspecified atom stereocenters. The lowest BCUT2D eigenvalue weighted by Gasteiger charge is -2.13. The lowest BCUT2D eigenvalue weighted by molar-refractivity contribution is 0.324. The highest BCUT2D eigenvalue weighted by atomic mass is 16.5. The maximum Gasteiger partial charge on any atom is 0.231 e. The fourth-order valence-corrected chi connectivity index (χ4v) is 2.25. The zero-order chi connectivity index (χ0) is 14.9. The van der Waals surface area contributed by atoms with Crippen LogP contribution < -0.4 is 5.73 Å². The zero-order valence-corrected chi connectivity index (χ0v) is 12.3. The third-order valence-electron chi connectivity index (χ3n) is 3.57. The first kappa shape index (κ1) is 14.5. The molecular weight excluding hydrogens is 254 g/mol. The van der Waals surface area contributed by atoms with Crippen molar-refractivity contribution in [1.82, 2.24) is 10.1 Å². The molecular formula is C15H21N3O2. The molecule has 0 bridgehead atoms. The fourth-order valence-electron chi connectivity index (χ4n) is 2.25. The van der Waals surface area contributed by atoms with Gasteiger partial charge >= 0.3 is 0 Å². The van der Waals surface area contributed by atoms with Crippen molar-refractivity contribution in [3.8, 4) is 17.1 Å². The minimum absolute atomic E-state index is 0.0653. The lowest BCUT2D eigenvalue weighted by Crippen LogP contribution is -2.18. The normalized spacial score (nSPS) is 12.9. The number of aryl methyl sites for hydroxylation is 2. The van der Waals surface area contributed by atoms with Crippen LogP contribution >= 0.6 is 0 Å². The lowest BCUT2D eigenvalue weighted by atomic mass is 9.96. The molecule has 5 nitrogen and oxygen atoms in total. The van der Waals surface area contributed by atoms with Crippen LogP contribution in [0.3, 0.4) is 0 Å². The number of nitrogens with two attached hydrogens (primary N) is 1. The Morgan fingerprint density at radius 2 is 1.85 bits per heavy atom. The highest BCUT2D eigenvalue weighted by Gasteiger charge is 2.21. The molecule has 0 aliphatic heterocycles. The highest BCUT2D eigenvalue weighted by Crippen LogP contribution is 2.29. The van der Waals surface area contributed by atoms with Crippen LogP contribution in [0.15, 0.2) is 16.7 Å². The Hall–Kier alpha value is -1.88. The van der Waals surface area contributed by atoms with E-state index in [0.29, 0.717) is 29.9 Å². The van der Waals surface area contributed by atoms with Gasteiger partial charge in [0.15, 0.2) is 0 Å². The summed E-state index contributed by atoms with van der Waals surface area (Å²) in [5.74, 6) is 1.82. The fraction of sp³-hybridized carbons (Fsp3) is 0.467. The Morgan fingerprint density at radius 1 is 1.25 bits per heavy atom. The van der Waals surface area contributed by atoms with Gasteiger partial charge in [0.05, 0.1) is 5.92 Å². The molecule has 0 fully saturated rings. The molecule has 1 heterocycles. The molecule has 108 valence electrons. The van der Waals surface area contributed by atoms with E-state index in [9.17, 15) is 5.11 Å². The molecule has 5 heteroatoms. The largest absolute Gasteiger partial charge is 0.507 e. The van der Waals surface area contributed by atoms with E-state index in [-0.39, 0.29) is 5.92 Å². The first-order chi connectivity index (χ1) is 9.43. The van der Waals surface area contributed by atoms with Gasteiger partial charge in [0.25, 0.3) is 0 Å². The summed E-state index contributed by atoms with van der Waals surface area (Å²) >= 11 is 0. The maximum atomic E-state index is 9.80. The van der Waals surface area contributed by atoms with E-state index < -0.39 is 0 Å². The van der Waals surface area contributed by atoms with Gasteiger partial charge in [-0.25, -0.2) is 0 Å². The van der Waals surface area contributed by atoms with Crippen LogP contribution in [0.4, 0.5) is 0 Å². The summed E-state index contributed by atoms with van der Waals surface area (Å²) in [7, 11) is 0. The number of aromatic nitrogens is 2. The molecule has 2 aromatic rings. The predicted molar refractivity (Wildman–Crippen MR) is 77.5 cm³/mol. The van der Waals surface area contributed by atoms with Crippen molar-refractivity contribution in [2.24, 2.45) is 11.7 Å². The van der Waals surface area contributed by atoms with Gasteiger partial charge in [0.2, 0.25) is 11.7 Å². The van der Waals surface area contributed by atoms with Crippen LogP contribution in [0, 0.1) is 19.8 Å². The molecule has 0 saturated carbocycles. The van der Waals surface area contributed by atoms with Crippen LogP contribution in [0.5, 0.6) is 5.75 Å². The van der Waals surface area contributed by atoms with Gasteiger partial charge in [0.1, 0.15) is 5.75 Å². The van der Waals surface area contributed by atoms with Crippen LogP contribution in [-0.4, -0.2) is 21.8 Å². The Labute approximate surface area is 118 Å². The van der Waals surface area contributed by atoms with Gasteiger partial charge in [-0.2, -0.15) is 4.98 Å². The maximum absolute atomic E-state index is 9.80. The van der Waals surface area contributed by atoms with E-state index >= 15 is 0 Å². The number of nitrogens with zero attached hydrogens (tertiary/aromatic N) is 2. The smallest absolute Gasteiger partial charge is 0.231 e. The van der Waals surface area contributed by atoms with Gasteiger partial charge in [-0.1, -0.05) is 19.0 Å². The summed E-state index contributed by atoms with van der Waals surface area (Å²) < 4.78 is 5.34. The average molecular weight is 275 g/mol. The number of hydrogen-bond acceptors (Lipinski definition) is 5. The van der Waals surface area contributed by atoms with Crippen molar-refractivity contribution < 1.29 is 9.63 Å². The molecule has 1 aromatic carbocycles. The summed E-state index contributed by atoms with van der Waals surface area (Å²) in [6.07, 6.45) is 0. The van der Waals surface area contributed by atoms with Gasteiger partial charge in [0, 0.05) is 12.1 Å². The third-order valence-corrected chi connectivity index (χ3v) is 3.57. The Balaban J connectivity index is 2.38. The third kappa shape index (κ3) is 2.67. The number of phenols is 1. The molecule has 1 aromatic heterocycles. The molecule has 0 amide bonds. The second-order valence-corrected chi connectivity index (χ2v) is 5.50. The van der Waals surface area contributed by atoms with Crippen LogP contribution in [0.1, 0.15) is 36.8 Å². The minimum Gasteiger partial charge on any atom is -0.507 e. The number of benzene rings is 1. The Bertz CT molecular complexity index is 582. The standard InChI is InChI=1S/C15H21N3O2/c1-8(2)12(7-16)15-17-14(18-20-15)11-5-9(3)13(19)10(4)6-11/h5-6,8,12,19H,7,16H2,1-4H3. The van der Waals surface area contributed by atoms with E-state index in [1.54, 1.807) is 0 Å². The van der Waals surface area contributed by atoms with Gasteiger partial charge in [-0.15, -0.1) is 0 Å². The quantitative estimate of drug-likeness (QED) is 0.896. The van der Waals surface area contributed by atoms with Crippen molar-refractivity contribution >= 4 is 0 Å². The predicted octanol–water partition coefficient (Wildman–Crippen LogP) is 2.76. The summed E-state index contributed by atoms with van der Waals surface area (Å²) in [5, 5.41) is 13.8. The molecule has 0 aliphatic rings. The van der Waals surface area contributed by atoms with Crippen molar-refractivity contribution in [2.45, 2.75) is 33.6 Å². The number of rotatable bonds is 4.